The van der Waals surface area contributed by atoms with E-state index in [1.54, 1.807) is 0 Å². The number of halogens is 2. The Labute approximate surface area is 91.3 Å². The highest BCUT2D eigenvalue weighted by Crippen LogP contribution is 2.33. The lowest BCUT2D eigenvalue weighted by Gasteiger charge is -2.14. The van der Waals surface area contributed by atoms with Gasteiger partial charge in [-0.25, -0.2) is 4.98 Å². The minimum atomic E-state index is -3.16. The minimum Gasteiger partial charge on any atom is -0.480 e. The largest absolute Gasteiger partial charge is 0.480 e. The highest BCUT2D eigenvalue weighted by atomic mass is 19.3. The van der Waals surface area contributed by atoms with Crippen LogP contribution in [0.1, 0.15) is 38.1 Å². The van der Waals surface area contributed by atoms with Crippen molar-refractivity contribution in [3.05, 3.63) is 17.3 Å². The van der Waals surface area contributed by atoms with Crippen LogP contribution in [0.3, 0.4) is 0 Å². The molecule has 0 atom stereocenters. The van der Waals surface area contributed by atoms with Gasteiger partial charge in [0.1, 0.15) is 5.41 Å². The fourth-order valence-corrected chi connectivity index (χ4v) is 1.16. The van der Waals surface area contributed by atoms with E-state index < -0.39 is 23.1 Å². The molecule has 6 heteroatoms. The van der Waals surface area contributed by atoms with Gasteiger partial charge >= 0.3 is 11.9 Å². The number of carboxylic acid groups (broad SMARTS) is 1. The van der Waals surface area contributed by atoms with Crippen molar-refractivity contribution < 1.29 is 23.1 Å². The summed E-state index contributed by atoms with van der Waals surface area (Å²) in [7, 11) is 0. The predicted octanol–water partition coefficient (Wildman–Crippen LogP) is 2.46. The molecule has 90 valence electrons. The van der Waals surface area contributed by atoms with Crippen molar-refractivity contribution in [2.24, 2.45) is 0 Å². The normalized spacial score (nSPS) is 12.9. The fourth-order valence-electron chi connectivity index (χ4n) is 1.16. The summed E-state index contributed by atoms with van der Waals surface area (Å²) in [5.41, 5.74) is -1.41. The van der Waals surface area contributed by atoms with Gasteiger partial charge in [0.15, 0.2) is 5.76 Å². The van der Waals surface area contributed by atoms with Crippen LogP contribution in [0.15, 0.2) is 4.42 Å². The van der Waals surface area contributed by atoms with Crippen LogP contribution in [0.2, 0.25) is 0 Å². The van der Waals surface area contributed by atoms with Gasteiger partial charge in [-0.15, -0.1) is 0 Å². The Morgan fingerprint density at radius 3 is 2.19 bits per heavy atom. The van der Waals surface area contributed by atoms with E-state index in [4.69, 9.17) is 9.52 Å². The van der Waals surface area contributed by atoms with Crippen molar-refractivity contribution >= 4 is 5.97 Å². The van der Waals surface area contributed by atoms with Gasteiger partial charge in [0.2, 0.25) is 5.89 Å². The smallest absolute Gasteiger partial charge is 0.318 e. The first-order valence-corrected chi connectivity index (χ1v) is 4.66. The van der Waals surface area contributed by atoms with Crippen molar-refractivity contribution in [1.29, 1.82) is 0 Å². The standard InChI is InChI=1S/C10H13F2NO3/c1-5-6(10(4,11)12)16-7(13-5)9(2,3)8(14)15/h1-4H3,(H,14,15). The second-order valence-corrected chi connectivity index (χ2v) is 4.25. The van der Waals surface area contributed by atoms with Gasteiger partial charge in [0.05, 0.1) is 5.69 Å². The first-order valence-electron chi connectivity index (χ1n) is 4.66. The summed E-state index contributed by atoms with van der Waals surface area (Å²) in [6.45, 7) is 4.73. The molecule has 0 saturated heterocycles. The number of alkyl halides is 2. The summed E-state index contributed by atoms with van der Waals surface area (Å²) in [5, 5.41) is 8.91. The van der Waals surface area contributed by atoms with Gasteiger partial charge in [-0.05, 0) is 20.8 Å². The summed E-state index contributed by atoms with van der Waals surface area (Å²) in [5.74, 6) is -5.14. The first kappa shape index (κ1) is 12.6. The molecule has 0 aliphatic carbocycles. The third kappa shape index (κ3) is 2.05. The Kier molecular flexibility index (Phi) is 2.79. The van der Waals surface area contributed by atoms with Crippen LogP contribution in [-0.4, -0.2) is 16.1 Å². The molecule has 0 bridgehead atoms. The van der Waals surface area contributed by atoms with Crippen molar-refractivity contribution in [2.45, 2.75) is 39.0 Å². The van der Waals surface area contributed by atoms with Crippen molar-refractivity contribution in [3.8, 4) is 0 Å². The third-order valence-electron chi connectivity index (χ3n) is 2.26. The summed E-state index contributed by atoms with van der Waals surface area (Å²) in [6, 6.07) is 0. The minimum absolute atomic E-state index is 0.0109. The molecule has 1 aromatic rings. The van der Waals surface area contributed by atoms with Crippen molar-refractivity contribution in [2.75, 3.05) is 0 Å². The van der Waals surface area contributed by atoms with Crippen LogP contribution in [0, 0.1) is 6.92 Å². The lowest BCUT2D eigenvalue weighted by Crippen LogP contribution is -2.28. The summed E-state index contributed by atoms with van der Waals surface area (Å²) in [4.78, 5) is 14.6. The topological polar surface area (TPSA) is 63.3 Å². The van der Waals surface area contributed by atoms with Gasteiger partial charge in [-0.1, -0.05) is 0 Å². The molecule has 1 heterocycles. The molecule has 0 aliphatic rings. The zero-order chi connectivity index (χ0) is 12.7. The fraction of sp³-hybridized carbons (Fsp3) is 0.600. The number of oxazole rings is 1. The number of aliphatic carboxylic acids is 1. The highest BCUT2D eigenvalue weighted by Gasteiger charge is 2.39. The van der Waals surface area contributed by atoms with Crippen LogP contribution in [0.25, 0.3) is 0 Å². The molecule has 0 saturated carbocycles. The molecule has 0 aliphatic heterocycles. The zero-order valence-corrected chi connectivity index (χ0v) is 9.47. The summed E-state index contributed by atoms with van der Waals surface area (Å²) >= 11 is 0. The average Bonchev–Trinajstić information content (AvgIpc) is 2.46. The second kappa shape index (κ2) is 3.54. The predicted molar refractivity (Wildman–Crippen MR) is 51.5 cm³/mol. The van der Waals surface area contributed by atoms with Crippen LogP contribution >= 0.6 is 0 Å². The number of nitrogens with zero attached hydrogens (tertiary/aromatic N) is 1. The summed E-state index contributed by atoms with van der Waals surface area (Å²) < 4.78 is 30.9. The van der Waals surface area contributed by atoms with E-state index in [-0.39, 0.29) is 11.6 Å². The van der Waals surface area contributed by atoms with Crippen LogP contribution in [-0.2, 0) is 16.1 Å². The number of carbonyl (C=O) groups is 1. The maximum Gasteiger partial charge on any atom is 0.318 e. The lowest BCUT2D eigenvalue weighted by molar-refractivity contribution is -0.143. The van der Waals surface area contributed by atoms with Crippen molar-refractivity contribution in [3.63, 3.8) is 0 Å². The van der Waals surface area contributed by atoms with Gasteiger partial charge < -0.3 is 9.52 Å². The molecule has 0 aromatic carbocycles. The van der Waals surface area contributed by atoms with Crippen LogP contribution < -0.4 is 0 Å². The van der Waals surface area contributed by atoms with Gasteiger partial charge in [0, 0.05) is 6.92 Å². The second-order valence-electron chi connectivity index (χ2n) is 4.25. The number of carboxylic acids is 1. The van der Waals surface area contributed by atoms with Gasteiger partial charge in [-0.2, -0.15) is 8.78 Å². The van der Waals surface area contributed by atoms with E-state index in [0.717, 1.165) is 0 Å². The molecule has 1 rings (SSSR count). The van der Waals surface area contributed by atoms with Crippen molar-refractivity contribution in [1.82, 2.24) is 4.98 Å². The van der Waals surface area contributed by atoms with Crippen LogP contribution in [0.4, 0.5) is 8.78 Å². The Balaban J connectivity index is 3.26. The third-order valence-corrected chi connectivity index (χ3v) is 2.26. The molecule has 1 aromatic heterocycles. The Morgan fingerprint density at radius 2 is 1.88 bits per heavy atom. The number of rotatable bonds is 3. The SMILES string of the molecule is Cc1nc(C(C)(C)C(=O)O)oc1C(C)(F)F. The van der Waals surface area contributed by atoms with E-state index in [1.165, 1.54) is 20.8 Å². The van der Waals surface area contributed by atoms with E-state index in [9.17, 15) is 13.6 Å². The van der Waals surface area contributed by atoms with E-state index in [1.807, 2.05) is 0 Å². The Hall–Kier alpha value is -1.46. The lowest BCUT2D eigenvalue weighted by atomic mass is 9.94. The quantitative estimate of drug-likeness (QED) is 0.870. The van der Waals surface area contributed by atoms with Crippen LogP contribution in [0.5, 0.6) is 0 Å². The van der Waals surface area contributed by atoms with E-state index in [0.29, 0.717) is 6.92 Å². The van der Waals surface area contributed by atoms with E-state index in [2.05, 4.69) is 4.98 Å². The highest BCUT2D eigenvalue weighted by molar-refractivity contribution is 5.78. The monoisotopic (exact) mass is 233 g/mol. The van der Waals surface area contributed by atoms with E-state index >= 15 is 0 Å². The molecule has 4 nitrogen and oxygen atoms in total. The molecule has 16 heavy (non-hydrogen) atoms. The molecular weight excluding hydrogens is 220 g/mol. The number of aryl methyl sites for hydroxylation is 1. The molecule has 0 spiro atoms. The Bertz CT molecular complexity index is 418. The number of hydrogen-bond donors (Lipinski definition) is 1. The summed E-state index contributed by atoms with van der Waals surface area (Å²) in [6.07, 6.45) is 0. The molecule has 0 radical (unpaired) electrons. The zero-order valence-electron chi connectivity index (χ0n) is 9.47. The molecular formula is C10H13F2NO3. The van der Waals surface area contributed by atoms with Gasteiger partial charge in [-0.3, -0.25) is 4.79 Å². The molecule has 0 amide bonds. The number of aromatic nitrogens is 1. The maximum absolute atomic E-state index is 13.0. The first-order chi connectivity index (χ1) is 7.06. The molecule has 0 unspecified atom stereocenters. The molecule has 1 N–H and O–H groups in total. The average molecular weight is 233 g/mol. The Morgan fingerprint density at radius 1 is 1.38 bits per heavy atom. The number of hydrogen-bond acceptors (Lipinski definition) is 3. The van der Waals surface area contributed by atoms with Gasteiger partial charge in [0.25, 0.3) is 0 Å². The maximum atomic E-state index is 13.0. The molecule has 0 fully saturated rings.